The highest BCUT2D eigenvalue weighted by molar-refractivity contribution is 7.12. The van der Waals surface area contributed by atoms with Crippen LogP contribution in [0.1, 0.15) is 4.88 Å². The second kappa shape index (κ2) is 3.34. The summed E-state index contributed by atoms with van der Waals surface area (Å²) in [4.78, 5) is 5.00. The Morgan fingerprint density at radius 1 is 1.80 bits per heavy atom. The lowest BCUT2D eigenvalue weighted by molar-refractivity contribution is 1.02. The van der Waals surface area contributed by atoms with Crippen LogP contribution in [0.15, 0.2) is 22.5 Å². The fraction of sp³-hybridized carbons (Fsp3) is 0.167. The minimum atomic E-state index is 0.731. The quantitative estimate of drug-likeness (QED) is 0.270. The number of hydrazine groups is 1. The van der Waals surface area contributed by atoms with Gasteiger partial charge in [-0.2, -0.15) is 0 Å². The molecular formula is C6H9N3S. The Morgan fingerprint density at radius 3 is 3.00 bits per heavy atom. The van der Waals surface area contributed by atoms with Crippen molar-refractivity contribution < 1.29 is 0 Å². The van der Waals surface area contributed by atoms with Gasteiger partial charge >= 0.3 is 0 Å². The van der Waals surface area contributed by atoms with Crippen molar-refractivity contribution in [3.05, 3.63) is 22.4 Å². The molecule has 0 aliphatic rings. The molecular weight excluding hydrogens is 146 g/mol. The third-order valence-corrected chi connectivity index (χ3v) is 1.99. The molecule has 4 heteroatoms. The third kappa shape index (κ3) is 1.34. The van der Waals surface area contributed by atoms with Gasteiger partial charge in [-0.3, -0.25) is 4.99 Å². The van der Waals surface area contributed by atoms with E-state index in [2.05, 4.69) is 10.4 Å². The van der Waals surface area contributed by atoms with Crippen molar-refractivity contribution in [3.8, 4) is 0 Å². The van der Waals surface area contributed by atoms with Crippen LogP contribution in [-0.4, -0.2) is 12.9 Å². The van der Waals surface area contributed by atoms with Crippen molar-refractivity contribution >= 4 is 17.2 Å². The summed E-state index contributed by atoms with van der Waals surface area (Å²) >= 11 is 1.61. The molecule has 1 aromatic rings. The summed E-state index contributed by atoms with van der Waals surface area (Å²) in [6.07, 6.45) is 0. The number of nitrogens with zero attached hydrogens (tertiary/aromatic N) is 1. The first kappa shape index (κ1) is 7.24. The number of rotatable bonds is 1. The number of nitrogens with one attached hydrogen (secondary N) is 1. The molecule has 0 bridgehead atoms. The van der Waals surface area contributed by atoms with Gasteiger partial charge in [-0.05, 0) is 11.4 Å². The maximum Gasteiger partial charge on any atom is 0.152 e. The molecule has 3 nitrogen and oxygen atoms in total. The molecule has 1 aromatic heterocycles. The molecule has 0 fully saturated rings. The molecule has 0 aliphatic carbocycles. The molecule has 0 aliphatic heterocycles. The molecule has 1 heterocycles. The van der Waals surface area contributed by atoms with E-state index in [-0.39, 0.29) is 0 Å². The predicted molar refractivity (Wildman–Crippen MR) is 44.1 cm³/mol. The van der Waals surface area contributed by atoms with Crippen molar-refractivity contribution in [2.45, 2.75) is 0 Å². The number of amidine groups is 1. The Bertz CT molecular complexity index is 215. The minimum absolute atomic E-state index is 0.731. The van der Waals surface area contributed by atoms with Crippen LogP contribution in [0.4, 0.5) is 0 Å². The molecule has 0 unspecified atom stereocenters. The van der Waals surface area contributed by atoms with Crippen molar-refractivity contribution in [3.63, 3.8) is 0 Å². The zero-order chi connectivity index (χ0) is 7.40. The van der Waals surface area contributed by atoms with E-state index in [1.54, 1.807) is 18.4 Å². The molecule has 0 spiro atoms. The van der Waals surface area contributed by atoms with Crippen LogP contribution in [0.2, 0.25) is 0 Å². The van der Waals surface area contributed by atoms with Crippen LogP contribution in [0, 0.1) is 0 Å². The standard InChI is InChI=1S/C6H9N3S/c1-8-6(9-7)5-3-2-4-10-5/h2-4H,7H2,1H3,(H,8,9). The maximum absolute atomic E-state index is 5.20. The molecule has 3 N–H and O–H groups in total. The normalized spacial score (nSPS) is 11.6. The summed E-state index contributed by atoms with van der Waals surface area (Å²) in [6.45, 7) is 0. The second-order valence-corrected chi connectivity index (χ2v) is 2.64. The van der Waals surface area contributed by atoms with Gasteiger partial charge in [0.05, 0.1) is 4.88 Å². The Labute approximate surface area is 63.6 Å². The Balaban J connectivity index is 2.85. The largest absolute Gasteiger partial charge is 0.308 e. The van der Waals surface area contributed by atoms with E-state index in [4.69, 9.17) is 5.84 Å². The van der Waals surface area contributed by atoms with Crippen LogP contribution in [0.25, 0.3) is 0 Å². The van der Waals surface area contributed by atoms with Gasteiger partial charge in [0.1, 0.15) is 0 Å². The lowest BCUT2D eigenvalue weighted by Crippen LogP contribution is -2.30. The van der Waals surface area contributed by atoms with Gasteiger partial charge < -0.3 is 5.43 Å². The highest BCUT2D eigenvalue weighted by atomic mass is 32.1. The maximum atomic E-state index is 5.20. The van der Waals surface area contributed by atoms with Crippen LogP contribution < -0.4 is 11.3 Å². The highest BCUT2D eigenvalue weighted by Crippen LogP contribution is 2.07. The molecule has 54 valence electrons. The number of thiophene rings is 1. The summed E-state index contributed by atoms with van der Waals surface area (Å²) in [7, 11) is 1.70. The Morgan fingerprint density at radius 2 is 2.60 bits per heavy atom. The van der Waals surface area contributed by atoms with Gasteiger partial charge in [-0.15, -0.1) is 11.3 Å². The van der Waals surface area contributed by atoms with Crippen LogP contribution >= 0.6 is 11.3 Å². The second-order valence-electron chi connectivity index (χ2n) is 1.69. The van der Waals surface area contributed by atoms with Crippen LogP contribution in [-0.2, 0) is 0 Å². The van der Waals surface area contributed by atoms with Crippen molar-refractivity contribution in [1.82, 2.24) is 5.43 Å². The van der Waals surface area contributed by atoms with Gasteiger partial charge in [0, 0.05) is 7.05 Å². The number of aliphatic imine (C=N–C) groups is 1. The van der Waals surface area contributed by atoms with E-state index in [9.17, 15) is 0 Å². The van der Waals surface area contributed by atoms with E-state index < -0.39 is 0 Å². The summed E-state index contributed by atoms with van der Waals surface area (Å²) < 4.78 is 0. The van der Waals surface area contributed by atoms with E-state index in [1.807, 2.05) is 17.5 Å². The molecule has 0 radical (unpaired) electrons. The molecule has 0 amide bonds. The van der Waals surface area contributed by atoms with Gasteiger partial charge in [-0.25, -0.2) is 5.84 Å². The van der Waals surface area contributed by atoms with Gasteiger partial charge in [0.15, 0.2) is 5.84 Å². The average Bonchev–Trinajstić information content (AvgIpc) is 2.43. The van der Waals surface area contributed by atoms with Gasteiger partial charge in [0.25, 0.3) is 0 Å². The SMILES string of the molecule is CN=C(NN)c1cccs1. The number of nitrogens with two attached hydrogens (primary N) is 1. The fourth-order valence-corrected chi connectivity index (χ4v) is 1.38. The summed E-state index contributed by atoms with van der Waals surface area (Å²) in [5.74, 6) is 5.93. The smallest absolute Gasteiger partial charge is 0.152 e. The Hall–Kier alpha value is -0.870. The average molecular weight is 155 g/mol. The molecule has 10 heavy (non-hydrogen) atoms. The monoisotopic (exact) mass is 155 g/mol. The predicted octanol–water partition coefficient (Wildman–Crippen LogP) is 0.588. The highest BCUT2D eigenvalue weighted by Gasteiger charge is 1.98. The molecule has 0 saturated heterocycles. The fourth-order valence-electron chi connectivity index (χ4n) is 0.659. The van der Waals surface area contributed by atoms with E-state index >= 15 is 0 Å². The van der Waals surface area contributed by atoms with E-state index in [0.717, 1.165) is 10.7 Å². The van der Waals surface area contributed by atoms with Gasteiger partial charge in [0.2, 0.25) is 0 Å². The topological polar surface area (TPSA) is 50.4 Å². The molecule has 1 rings (SSSR count). The summed E-state index contributed by atoms with van der Waals surface area (Å²) in [6, 6.07) is 3.93. The lowest BCUT2D eigenvalue weighted by atomic mass is 10.4. The molecule has 0 saturated carbocycles. The zero-order valence-corrected chi connectivity index (χ0v) is 6.48. The third-order valence-electron chi connectivity index (χ3n) is 1.11. The van der Waals surface area contributed by atoms with E-state index in [1.165, 1.54) is 0 Å². The number of hydrogen-bond acceptors (Lipinski definition) is 3. The van der Waals surface area contributed by atoms with Crippen LogP contribution in [0.3, 0.4) is 0 Å². The van der Waals surface area contributed by atoms with Crippen LogP contribution in [0.5, 0.6) is 0 Å². The zero-order valence-electron chi connectivity index (χ0n) is 5.66. The first-order valence-electron chi connectivity index (χ1n) is 2.85. The van der Waals surface area contributed by atoms with E-state index in [0.29, 0.717) is 0 Å². The molecule has 0 atom stereocenters. The Kier molecular flexibility index (Phi) is 2.42. The minimum Gasteiger partial charge on any atom is -0.308 e. The number of hydrogen-bond donors (Lipinski definition) is 2. The first-order valence-corrected chi connectivity index (χ1v) is 3.73. The summed E-state index contributed by atoms with van der Waals surface area (Å²) in [5, 5.41) is 1.98. The van der Waals surface area contributed by atoms with Gasteiger partial charge in [-0.1, -0.05) is 6.07 Å². The lowest BCUT2D eigenvalue weighted by Gasteiger charge is -1.98. The first-order chi connectivity index (χ1) is 4.88. The molecule has 0 aromatic carbocycles. The van der Waals surface area contributed by atoms with Crippen molar-refractivity contribution in [1.29, 1.82) is 0 Å². The summed E-state index contributed by atoms with van der Waals surface area (Å²) in [5.41, 5.74) is 2.51. The van der Waals surface area contributed by atoms with Crippen molar-refractivity contribution in [2.24, 2.45) is 10.8 Å². The van der Waals surface area contributed by atoms with Crippen molar-refractivity contribution in [2.75, 3.05) is 7.05 Å².